The van der Waals surface area contributed by atoms with Crippen molar-refractivity contribution < 1.29 is 10.2 Å². The van der Waals surface area contributed by atoms with Gasteiger partial charge in [0.1, 0.15) is 0 Å². The Morgan fingerprint density at radius 1 is 0.577 bits per heavy atom. The second-order valence-electron chi connectivity index (χ2n) is 4.10. The molecule has 0 atom stereocenters. The molecule has 172 valence electrons. The molecule has 0 unspecified atom stereocenters. The van der Waals surface area contributed by atoms with E-state index in [4.69, 9.17) is 10.2 Å². The van der Waals surface area contributed by atoms with Gasteiger partial charge in [0.25, 0.3) is 0 Å². The number of nitrogens with zero attached hydrogens (tertiary/aromatic N) is 2. The fraction of sp³-hybridized carbons (Fsp3) is 0.889. The lowest BCUT2D eigenvalue weighted by molar-refractivity contribution is 0.399. The molecule has 0 aliphatic rings. The maximum atomic E-state index is 7.00. The molecule has 26 heavy (non-hydrogen) atoms. The highest BCUT2D eigenvalue weighted by atomic mass is 127. The summed E-state index contributed by atoms with van der Waals surface area (Å²) in [5, 5.41) is 14.0. The average molecular weight is 740 g/mol. The normalized spacial score (nSPS) is 5.15. The average Bonchev–Trinajstić information content (AvgIpc) is 2.65. The van der Waals surface area contributed by atoms with Gasteiger partial charge in [-0.3, -0.25) is 0 Å². The summed E-state index contributed by atoms with van der Waals surface area (Å²) in [4.78, 5) is 10.4. The van der Waals surface area contributed by atoms with Gasteiger partial charge in [0.05, 0.1) is 0 Å². The summed E-state index contributed by atoms with van der Waals surface area (Å²) in [5.74, 6) is 5.29. The summed E-state index contributed by atoms with van der Waals surface area (Å²) < 4.78 is 0. The summed E-state index contributed by atoms with van der Waals surface area (Å²) in [5.41, 5.74) is 0. The number of aliphatic hydroxyl groups excluding tert-OH is 2. The van der Waals surface area contributed by atoms with E-state index in [0.717, 1.165) is 26.1 Å². The van der Waals surface area contributed by atoms with Gasteiger partial charge in [0, 0.05) is 28.3 Å². The number of hydrogen-bond donors (Lipinski definition) is 2. The fourth-order valence-corrected chi connectivity index (χ4v) is 0. The Hall–Kier alpha value is 1.68. The Bertz CT molecular complexity index is 99.7. The van der Waals surface area contributed by atoms with Crippen LogP contribution in [0.1, 0.15) is 41.5 Å². The minimum atomic E-state index is 0.833. The van der Waals surface area contributed by atoms with Crippen molar-refractivity contribution in [3.8, 4) is 0 Å². The van der Waals surface area contributed by atoms with E-state index in [1.54, 1.807) is 14.1 Å². The van der Waals surface area contributed by atoms with Crippen LogP contribution in [-0.4, -0.2) is 73.5 Å². The first-order chi connectivity index (χ1) is 12.3. The highest BCUT2D eigenvalue weighted by Crippen LogP contribution is 1.81. The lowest BCUT2D eigenvalue weighted by Crippen LogP contribution is -1.66. The molecule has 0 heterocycles. The topological polar surface area (TPSA) is 65.2 Å². The van der Waals surface area contributed by atoms with E-state index in [1.807, 2.05) is 21.5 Å². The van der Waals surface area contributed by atoms with E-state index in [9.17, 15) is 0 Å². The zero-order valence-electron chi connectivity index (χ0n) is 19.9. The first kappa shape index (κ1) is 63.0. The quantitative estimate of drug-likeness (QED) is 0.156. The van der Waals surface area contributed by atoms with Gasteiger partial charge in [0.2, 0.25) is 0 Å². The predicted molar refractivity (Wildman–Crippen MR) is 158 cm³/mol. The molecular formula is C18H50Br2I2N2O2. The third-order valence-electron chi connectivity index (χ3n) is 0. The molecular weight excluding hydrogens is 690 g/mol. The highest BCUT2D eigenvalue weighted by Gasteiger charge is 1.68. The number of aliphatic hydroxyl groups is 2. The van der Waals surface area contributed by atoms with E-state index in [-0.39, 0.29) is 0 Å². The maximum Gasteiger partial charge on any atom is 0.0319 e. The zero-order chi connectivity index (χ0) is 24.6. The number of rotatable bonds is 0. The lowest BCUT2D eigenvalue weighted by Gasteiger charge is -1.79. The van der Waals surface area contributed by atoms with Gasteiger partial charge in [-0.15, -0.1) is 0 Å². The van der Waals surface area contributed by atoms with Crippen LogP contribution < -0.4 is 0 Å². The molecule has 0 radical (unpaired) electrons. The molecule has 0 aliphatic heterocycles. The third kappa shape index (κ3) is 5540. The third-order valence-corrected chi connectivity index (χ3v) is 0. The molecule has 4 nitrogen and oxygen atoms in total. The van der Waals surface area contributed by atoms with Crippen molar-refractivity contribution in [2.45, 2.75) is 41.5 Å². The molecule has 8 heteroatoms. The van der Waals surface area contributed by atoms with Crippen molar-refractivity contribution in [3.05, 3.63) is 0 Å². The van der Waals surface area contributed by atoms with Crippen LogP contribution in [0.15, 0.2) is 9.98 Å². The highest BCUT2D eigenvalue weighted by molar-refractivity contribution is 14.1. The largest absolute Gasteiger partial charge is 0.400 e. The fourth-order valence-electron chi connectivity index (χ4n) is 0. The Balaban J connectivity index is -0.0000000139. The first-order valence-electron chi connectivity index (χ1n) is 7.40. The van der Waals surface area contributed by atoms with Crippen LogP contribution in [-0.2, 0) is 0 Å². The van der Waals surface area contributed by atoms with E-state index < -0.39 is 0 Å². The molecule has 0 aromatic heterocycles. The molecule has 2 N–H and O–H groups in total. The van der Waals surface area contributed by atoms with Gasteiger partial charge in [-0.05, 0) is 46.8 Å². The standard InChI is InChI=1S/2C4H10.2C2H5N.2CH3Br.2CH3I.2CH4O/c2*1-4(2)3;2*1-3-2;6*1-2/h2*4H,1-3H3;2*1H2,2H3;4*1H3;2*2H,1H3. The van der Waals surface area contributed by atoms with E-state index in [1.165, 1.54) is 0 Å². The predicted octanol–water partition coefficient (Wildman–Crippen LogP) is 7.30. The zero-order valence-corrected chi connectivity index (χ0v) is 27.4. The van der Waals surface area contributed by atoms with Crippen molar-refractivity contribution in [2.24, 2.45) is 21.8 Å². The molecule has 0 aromatic rings. The van der Waals surface area contributed by atoms with Crippen LogP contribution in [0.3, 0.4) is 0 Å². The van der Waals surface area contributed by atoms with Gasteiger partial charge in [-0.25, -0.2) is 0 Å². The maximum absolute atomic E-state index is 7.00. The van der Waals surface area contributed by atoms with Gasteiger partial charge in [-0.1, -0.05) is 119 Å². The number of aliphatic imine (C=N–C) groups is 2. The molecule has 0 aromatic carbocycles. The summed E-state index contributed by atoms with van der Waals surface area (Å²) in [6, 6.07) is 0. The minimum Gasteiger partial charge on any atom is -0.400 e. The molecule has 0 bridgehead atoms. The summed E-state index contributed by atoms with van der Waals surface area (Å²) in [6.07, 6.45) is 0. The van der Waals surface area contributed by atoms with Crippen LogP contribution >= 0.6 is 77.0 Å². The van der Waals surface area contributed by atoms with Gasteiger partial charge >= 0.3 is 0 Å². The van der Waals surface area contributed by atoms with Crippen molar-refractivity contribution >= 4 is 90.5 Å². The summed E-state index contributed by atoms with van der Waals surface area (Å²) in [6.45, 7) is 19.2. The van der Waals surface area contributed by atoms with Crippen molar-refractivity contribution in [1.82, 2.24) is 0 Å². The Morgan fingerprint density at radius 3 is 0.577 bits per heavy atom. The van der Waals surface area contributed by atoms with Gasteiger partial charge < -0.3 is 20.2 Å². The molecule has 0 saturated carbocycles. The van der Waals surface area contributed by atoms with Crippen LogP contribution in [0.4, 0.5) is 0 Å². The van der Waals surface area contributed by atoms with Crippen molar-refractivity contribution in [1.29, 1.82) is 0 Å². The minimum absolute atomic E-state index is 0.833. The summed E-state index contributed by atoms with van der Waals surface area (Å²) >= 11 is 10.2. The van der Waals surface area contributed by atoms with Crippen molar-refractivity contribution in [2.75, 3.05) is 49.8 Å². The van der Waals surface area contributed by atoms with Crippen LogP contribution in [0.5, 0.6) is 0 Å². The number of alkyl halides is 4. The summed E-state index contributed by atoms with van der Waals surface area (Å²) in [7, 11) is 5.28. The lowest BCUT2D eigenvalue weighted by atomic mass is 10.3. The van der Waals surface area contributed by atoms with E-state index in [2.05, 4.69) is 142 Å². The number of hydrogen-bond acceptors (Lipinski definition) is 4. The first-order valence-corrected chi connectivity index (χ1v) is 14.9. The number of halogens is 4. The van der Waals surface area contributed by atoms with E-state index in [0.29, 0.717) is 0 Å². The second-order valence-corrected chi connectivity index (χ2v) is 4.10. The second kappa shape index (κ2) is 188. The monoisotopic (exact) mass is 738 g/mol. The smallest absolute Gasteiger partial charge is 0.0319 e. The van der Waals surface area contributed by atoms with Gasteiger partial charge in [-0.2, -0.15) is 0 Å². The molecule has 0 aliphatic carbocycles. The van der Waals surface area contributed by atoms with Crippen LogP contribution in [0, 0.1) is 11.8 Å². The molecule has 0 amide bonds. The van der Waals surface area contributed by atoms with Crippen LogP contribution in [0.2, 0.25) is 0 Å². The molecule has 0 spiro atoms. The Kier molecular flexibility index (Phi) is 455. The van der Waals surface area contributed by atoms with Crippen molar-refractivity contribution in [3.63, 3.8) is 0 Å². The van der Waals surface area contributed by atoms with Gasteiger partial charge in [0.15, 0.2) is 0 Å². The SMILES string of the molecule is C=NC.C=NC.CBr.CBr.CC(C)C.CC(C)C.CI.CI.CO.CO. The van der Waals surface area contributed by atoms with E-state index >= 15 is 0 Å². The molecule has 0 rings (SSSR count). The molecule has 0 saturated heterocycles. The van der Waals surface area contributed by atoms with Crippen LogP contribution in [0.25, 0.3) is 0 Å². The molecule has 0 fully saturated rings. The Morgan fingerprint density at radius 2 is 0.577 bits per heavy atom. The Labute approximate surface area is 212 Å².